The van der Waals surface area contributed by atoms with Crippen molar-refractivity contribution in [3.8, 4) is 0 Å². The molecule has 0 aliphatic heterocycles. The van der Waals surface area contributed by atoms with Crippen LogP contribution >= 0.6 is 15.9 Å². The van der Waals surface area contributed by atoms with Crippen LogP contribution in [-0.2, 0) is 6.42 Å². The van der Waals surface area contributed by atoms with Crippen molar-refractivity contribution in [2.24, 2.45) is 5.41 Å². The molecule has 1 aliphatic carbocycles. The van der Waals surface area contributed by atoms with Crippen molar-refractivity contribution >= 4 is 32.6 Å². The summed E-state index contributed by atoms with van der Waals surface area (Å²) in [7, 11) is 0. The predicted octanol–water partition coefficient (Wildman–Crippen LogP) is 4.09. The number of carbonyl (C=O) groups is 1. The second-order valence-corrected chi connectivity index (χ2v) is 6.53. The van der Waals surface area contributed by atoms with Crippen molar-refractivity contribution in [2.45, 2.75) is 26.7 Å². The molecule has 3 rings (SSSR count). The van der Waals surface area contributed by atoms with Crippen LogP contribution < -0.4 is 0 Å². The smallest absolute Gasteiger partial charge is 0.179 e. The Bertz CT molecular complexity index is 624. The van der Waals surface area contributed by atoms with Crippen molar-refractivity contribution in [2.75, 3.05) is 0 Å². The van der Waals surface area contributed by atoms with Gasteiger partial charge >= 0.3 is 0 Å². The van der Waals surface area contributed by atoms with Crippen molar-refractivity contribution < 1.29 is 4.79 Å². The minimum Gasteiger partial charge on any atom is -0.352 e. The SMILES string of the molecule is CC1(C)CC(=O)c2[nH]c3ccc(Br)cc3c2C1. The Morgan fingerprint density at radius 2 is 2.06 bits per heavy atom. The summed E-state index contributed by atoms with van der Waals surface area (Å²) in [5.74, 6) is 0.239. The zero-order chi connectivity index (χ0) is 12.2. The van der Waals surface area contributed by atoms with Gasteiger partial charge < -0.3 is 4.98 Å². The Balaban J connectivity index is 2.30. The number of hydrogen-bond acceptors (Lipinski definition) is 1. The first-order valence-corrected chi connectivity index (χ1v) is 6.59. The molecular weight excluding hydrogens is 278 g/mol. The van der Waals surface area contributed by atoms with E-state index in [0.29, 0.717) is 6.42 Å². The summed E-state index contributed by atoms with van der Waals surface area (Å²) in [6, 6.07) is 6.12. The molecule has 0 saturated heterocycles. The molecule has 3 heteroatoms. The highest BCUT2D eigenvalue weighted by Crippen LogP contribution is 2.38. The fourth-order valence-corrected chi connectivity index (χ4v) is 3.07. The van der Waals surface area contributed by atoms with Crippen LogP contribution in [0.25, 0.3) is 10.9 Å². The second-order valence-electron chi connectivity index (χ2n) is 5.61. The van der Waals surface area contributed by atoms with Gasteiger partial charge in [-0.15, -0.1) is 0 Å². The van der Waals surface area contributed by atoms with Crippen molar-refractivity contribution in [1.82, 2.24) is 4.98 Å². The Kier molecular flexibility index (Phi) is 2.24. The number of halogens is 1. The molecule has 0 amide bonds. The maximum absolute atomic E-state index is 12.1. The summed E-state index contributed by atoms with van der Waals surface area (Å²) < 4.78 is 1.06. The molecule has 0 radical (unpaired) electrons. The largest absolute Gasteiger partial charge is 0.352 e. The Labute approximate surface area is 109 Å². The number of aromatic nitrogens is 1. The maximum atomic E-state index is 12.1. The van der Waals surface area contributed by atoms with Gasteiger partial charge in [0, 0.05) is 21.8 Å². The first kappa shape index (κ1) is 11.0. The standard InChI is InChI=1S/C14H14BrNO/c1-14(2)6-10-9-5-8(15)3-4-11(9)16-13(10)12(17)7-14/h3-5,16H,6-7H2,1-2H3. The highest BCUT2D eigenvalue weighted by Gasteiger charge is 2.33. The number of carbonyl (C=O) groups excluding carboxylic acids is 1. The van der Waals surface area contributed by atoms with E-state index in [1.54, 1.807) is 0 Å². The maximum Gasteiger partial charge on any atom is 0.179 e. The van der Waals surface area contributed by atoms with Gasteiger partial charge in [0.15, 0.2) is 5.78 Å². The Morgan fingerprint density at radius 1 is 1.29 bits per heavy atom. The lowest BCUT2D eigenvalue weighted by Gasteiger charge is -2.28. The molecule has 0 bridgehead atoms. The fourth-order valence-electron chi connectivity index (χ4n) is 2.71. The molecule has 1 N–H and O–H groups in total. The van der Waals surface area contributed by atoms with Crippen LogP contribution in [0.3, 0.4) is 0 Å². The number of rotatable bonds is 0. The number of hydrogen-bond donors (Lipinski definition) is 1. The van der Waals surface area contributed by atoms with Crippen LogP contribution in [0.15, 0.2) is 22.7 Å². The van der Waals surface area contributed by atoms with E-state index in [9.17, 15) is 4.79 Å². The van der Waals surface area contributed by atoms with Gasteiger partial charge in [-0.25, -0.2) is 0 Å². The summed E-state index contributed by atoms with van der Waals surface area (Å²) in [4.78, 5) is 15.4. The Hall–Kier alpha value is -1.09. The molecule has 0 atom stereocenters. The normalized spacial score (nSPS) is 18.4. The summed E-state index contributed by atoms with van der Waals surface area (Å²) in [6.07, 6.45) is 1.60. The van der Waals surface area contributed by atoms with Gasteiger partial charge in [-0.3, -0.25) is 4.79 Å². The molecule has 1 aromatic heterocycles. The first-order valence-electron chi connectivity index (χ1n) is 5.80. The predicted molar refractivity (Wildman–Crippen MR) is 72.4 cm³/mol. The highest BCUT2D eigenvalue weighted by molar-refractivity contribution is 9.10. The van der Waals surface area contributed by atoms with Crippen molar-refractivity contribution in [3.05, 3.63) is 33.9 Å². The molecule has 0 unspecified atom stereocenters. The molecule has 1 heterocycles. The monoisotopic (exact) mass is 291 g/mol. The van der Waals surface area contributed by atoms with Crippen LogP contribution in [0.2, 0.25) is 0 Å². The number of fused-ring (bicyclic) bond motifs is 3. The molecular formula is C14H14BrNO. The highest BCUT2D eigenvalue weighted by atomic mass is 79.9. The molecule has 88 valence electrons. The summed E-state index contributed by atoms with van der Waals surface area (Å²) in [5, 5.41) is 1.18. The van der Waals surface area contributed by atoms with E-state index in [1.807, 2.05) is 12.1 Å². The lowest BCUT2D eigenvalue weighted by molar-refractivity contribution is 0.0908. The molecule has 1 aliphatic rings. The van der Waals surface area contributed by atoms with Gasteiger partial charge in [0.2, 0.25) is 0 Å². The van der Waals surface area contributed by atoms with Gasteiger partial charge in [-0.2, -0.15) is 0 Å². The third-order valence-corrected chi connectivity index (χ3v) is 3.93. The van der Waals surface area contributed by atoms with Crippen molar-refractivity contribution in [1.29, 1.82) is 0 Å². The lowest BCUT2D eigenvalue weighted by atomic mass is 9.75. The number of aromatic amines is 1. The van der Waals surface area contributed by atoms with E-state index in [4.69, 9.17) is 0 Å². The molecule has 17 heavy (non-hydrogen) atoms. The third-order valence-electron chi connectivity index (χ3n) is 3.44. The van der Waals surface area contributed by atoms with Crippen LogP contribution in [-0.4, -0.2) is 10.8 Å². The van der Waals surface area contributed by atoms with E-state index in [-0.39, 0.29) is 11.2 Å². The number of nitrogens with one attached hydrogen (secondary N) is 1. The topological polar surface area (TPSA) is 32.9 Å². The minimum atomic E-state index is 0.0710. The molecule has 2 nitrogen and oxygen atoms in total. The van der Waals surface area contributed by atoms with E-state index >= 15 is 0 Å². The summed E-state index contributed by atoms with van der Waals surface area (Å²) in [5.41, 5.74) is 3.13. The van der Waals surface area contributed by atoms with Gasteiger partial charge in [-0.1, -0.05) is 29.8 Å². The zero-order valence-electron chi connectivity index (χ0n) is 9.93. The average Bonchev–Trinajstić information content (AvgIpc) is 2.55. The van der Waals surface area contributed by atoms with Crippen LogP contribution in [0, 0.1) is 5.41 Å². The second kappa shape index (κ2) is 3.45. The van der Waals surface area contributed by atoms with Gasteiger partial charge in [0.1, 0.15) is 0 Å². The van der Waals surface area contributed by atoms with E-state index < -0.39 is 0 Å². The zero-order valence-corrected chi connectivity index (χ0v) is 11.5. The van der Waals surface area contributed by atoms with Crippen molar-refractivity contribution in [3.63, 3.8) is 0 Å². The molecule has 2 aromatic rings. The van der Waals surface area contributed by atoms with Gasteiger partial charge in [-0.05, 0) is 35.6 Å². The minimum absolute atomic E-state index is 0.0710. The number of ketones is 1. The lowest BCUT2D eigenvalue weighted by Crippen LogP contribution is -2.26. The molecule has 0 spiro atoms. The quantitative estimate of drug-likeness (QED) is 0.779. The van der Waals surface area contributed by atoms with E-state index in [1.165, 1.54) is 10.9 Å². The van der Waals surface area contributed by atoms with Gasteiger partial charge in [0.05, 0.1) is 5.69 Å². The van der Waals surface area contributed by atoms with Crippen LogP contribution in [0.5, 0.6) is 0 Å². The van der Waals surface area contributed by atoms with Crippen LogP contribution in [0.1, 0.15) is 36.3 Å². The average molecular weight is 292 g/mol. The third kappa shape index (κ3) is 1.73. The number of H-pyrrole nitrogens is 1. The van der Waals surface area contributed by atoms with E-state index in [2.05, 4.69) is 40.8 Å². The fraction of sp³-hybridized carbons (Fsp3) is 0.357. The summed E-state index contributed by atoms with van der Waals surface area (Å²) >= 11 is 3.49. The number of Topliss-reactive ketones (excluding diaryl/α,β-unsaturated/α-hetero) is 1. The number of benzene rings is 1. The van der Waals surface area contributed by atoms with Crippen LogP contribution in [0.4, 0.5) is 0 Å². The van der Waals surface area contributed by atoms with E-state index in [0.717, 1.165) is 22.1 Å². The summed E-state index contributed by atoms with van der Waals surface area (Å²) in [6.45, 7) is 4.31. The Morgan fingerprint density at radius 3 is 2.82 bits per heavy atom. The molecule has 0 saturated carbocycles. The van der Waals surface area contributed by atoms with Gasteiger partial charge in [0.25, 0.3) is 0 Å². The molecule has 0 fully saturated rings. The molecule has 1 aromatic carbocycles. The first-order chi connectivity index (χ1) is 7.96.